The molecule has 4 heterocycles. The maximum atomic E-state index is 9.42. The molecule has 0 fully saturated rings. The summed E-state index contributed by atoms with van der Waals surface area (Å²) in [6.07, 6.45) is 5.12. The smallest absolute Gasteiger partial charge is 0.268 e. The van der Waals surface area contributed by atoms with Crippen molar-refractivity contribution < 1.29 is 55.0 Å². The van der Waals surface area contributed by atoms with Gasteiger partial charge in [-0.1, -0.05) is 189 Å². The van der Waals surface area contributed by atoms with Crippen LogP contribution in [0.5, 0.6) is 11.5 Å². The molecule has 9 aromatic carbocycles. The molecule has 0 amide bonds. The number of pyridine rings is 1. The number of rotatable bonds is 8. The van der Waals surface area contributed by atoms with Crippen LogP contribution in [0.2, 0.25) is 0 Å². The van der Waals surface area contributed by atoms with E-state index in [1.54, 1.807) is 36.5 Å². The van der Waals surface area contributed by atoms with Crippen LogP contribution in [0.25, 0.3) is 99.8 Å². The van der Waals surface area contributed by atoms with Crippen LogP contribution in [-0.4, -0.2) is 18.7 Å². The number of ether oxygens (including phenoxy) is 1. The Hall–Kier alpha value is -8.31. The van der Waals surface area contributed by atoms with Crippen molar-refractivity contribution in [3.63, 3.8) is 0 Å². The van der Waals surface area contributed by atoms with Gasteiger partial charge in [0.25, 0.3) is 6.33 Å². The third kappa shape index (κ3) is 7.54. The molecular weight excluding hydrogens is 1050 g/mol. The number of para-hydroxylation sites is 6. The summed E-state index contributed by atoms with van der Waals surface area (Å²) < 4.78 is 174. The Bertz CT molecular complexity index is 5020. The zero-order chi connectivity index (χ0) is 62.6. The quantitative estimate of drug-likeness (QED) is 0.112. The van der Waals surface area contributed by atoms with Crippen molar-refractivity contribution in [1.29, 1.82) is 0 Å². The van der Waals surface area contributed by atoms with Gasteiger partial charge in [-0.25, -0.2) is 4.98 Å². The number of benzene rings is 9. The molecular formula is C64H45N5OPt-2. The molecule has 7 heteroatoms. The van der Waals surface area contributed by atoms with Crippen molar-refractivity contribution >= 4 is 54.6 Å². The molecule has 0 saturated heterocycles. The average Bonchev–Trinajstić information content (AvgIpc) is 1.61. The van der Waals surface area contributed by atoms with E-state index in [-0.39, 0.29) is 99.1 Å². The Labute approximate surface area is 451 Å². The van der Waals surface area contributed by atoms with E-state index < -0.39 is 109 Å². The molecule has 0 aliphatic heterocycles. The maximum Gasteiger partial charge on any atom is 0.268 e. The average molecular weight is 1110 g/mol. The van der Waals surface area contributed by atoms with Gasteiger partial charge < -0.3 is 18.4 Å². The molecule has 0 N–H and O–H groups in total. The molecule has 0 aliphatic carbocycles. The molecule has 0 atom stereocenters. The molecule has 0 saturated carbocycles. The van der Waals surface area contributed by atoms with E-state index in [4.69, 9.17) is 23.4 Å². The van der Waals surface area contributed by atoms with Crippen LogP contribution >= 0.6 is 0 Å². The van der Waals surface area contributed by atoms with E-state index in [2.05, 4.69) is 39.2 Å². The van der Waals surface area contributed by atoms with Crippen LogP contribution in [0, 0.1) is 18.5 Å². The van der Waals surface area contributed by atoms with Crippen LogP contribution in [0.15, 0.2) is 218 Å². The van der Waals surface area contributed by atoms with E-state index in [9.17, 15) is 11.0 Å². The standard InChI is InChI=1S/C64H45N5O.Pt/c1-64(2,3)45-35-36-65-62(37-45)69-58-30-15-12-25-54(58)55-34-33-48(41-61(55)69)70-49-39-46(38-47(40-49)68-56-28-13-10-23-52(56)53-24-11-14-29-57(53)68)66-42-67(60-32-17-16-31-59(60)66)63-50(43-19-6-4-7-20-43)26-18-27-51(63)44-21-8-5-9-22-44;/h4-38,40H,1-3H3;/q-2;/i4D,5D,6D,7D,8D,9D,10D,11D,13D,14D,19D,20D,21D,22D,23D,24D,28D,29D;. The molecule has 0 aliphatic rings. The number of nitrogens with zero attached hydrogens (tertiary/aromatic N) is 5. The van der Waals surface area contributed by atoms with Gasteiger partial charge in [-0.2, -0.15) is 6.07 Å². The number of hydrogen-bond donors (Lipinski definition) is 0. The van der Waals surface area contributed by atoms with Gasteiger partial charge in [0.05, 0.1) is 52.4 Å². The van der Waals surface area contributed by atoms with Crippen molar-refractivity contribution in [2.45, 2.75) is 26.2 Å². The molecule has 13 rings (SSSR count). The predicted molar refractivity (Wildman–Crippen MR) is 284 cm³/mol. The summed E-state index contributed by atoms with van der Waals surface area (Å²) in [6.45, 7) is 6.33. The van der Waals surface area contributed by atoms with Gasteiger partial charge in [0.15, 0.2) is 0 Å². The predicted octanol–water partition coefficient (Wildman–Crippen LogP) is 15.3. The summed E-state index contributed by atoms with van der Waals surface area (Å²) in [7, 11) is 0. The summed E-state index contributed by atoms with van der Waals surface area (Å²) in [5, 5.41) is 1.37. The van der Waals surface area contributed by atoms with Gasteiger partial charge >= 0.3 is 0 Å². The Morgan fingerprint density at radius 1 is 0.549 bits per heavy atom. The Kier molecular flexibility index (Phi) is 7.03. The van der Waals surface area contributed by atoms with Crippen molar-refractivity contribution in [3.05, 3.63) is 242 Å². The monoisotopic (exact) mass is 1110 g/mol. The van der Waals surface area contributed by atoms with Crippen LogP contribution in [0.3, 0.4) is 0 Å². The van der Waals surface area contributed by atoms with Gasteiger partial charge in [0, 0.05) is 55.1 Å². The first kappa shape index (κ1) is 28.4. The number of aromatic nitrogens is 5. The van der Waals surface area contributed by atoms with Crippen LogP contribution in [0.4, 0.5) is 0 Å². The normalized spacial score (nSPS) is 15.3. The van der Waals surface area contributed by atoms with Gasteiger partial charge in [0.1, 0.15) is 5.82 Å². The van der Waals surface area contributed by atoms with Crippen LogP contribution in [-0.2, 0) is 26.5 Å². The third-order valence-electron chi connectivity index (χ3n) is 12.3. The van der Waals surface area contributed by atoms with E-state index in [1.165, 1.54) is 44.0 Å². The molecule has 71 heavy (non-hydrogen) atoms. The van der Waals surface area contributed by atoms with E-state index in [0.717, 1.165) is 21.9 Å². The second kappa shape index (κ2) is 17.6. The third-order valence-corrected chi connectivity index (χ3v) is 12.3. The SMILES string of the molecule is [2H]c1c([2H])c([2H])c(-c2cccc(-c3c([2H])c([2H])c([2H])c([2H])c3[2H])c2-[n+]2[c-]n(-c3[c-]c(Oc4[c-]c5c(cc4)c4ccccc4n5-c4cc(C(C)(C)C)ccn4)cc(-n4c5c([2H])c([2H])c([2H])c([2H])c5c5c([2H])c([2H])c([2H])c([2H])c54)c3)c3ccccc32)c([2H])c1[2H].[Pt]. The summed E-state index contributed by atoms with van der Waals surface area (Å²) >= 11 is 0. The molecule has 13 aromatic rings. The van der Waals surface area contributed by atoms with Crippen LogP contribution < -0.4 is 9.30 Å². The molecule has 0 bridgehead atoms. The minimum atomic E-state index is -0.663. The fourth-order valence-electron chi connectivity index (χ4n) is 9.16. The van der Waals surface area contributed by atoms with Gasteiger partial charge in [-0.3, -0.25) is 4.57 Å². The summed E-state index contributed by atoms with van der Waals surface area (Å²) in [4.78, 5) is 4.82. The first-order chi connectivity index (χ1) is 41.8. The first-order valence-electron chi connectivity index (χ1n) is 31.2. The Morgan fingerprint density at radius 3 is 1.87 bits per heavy atom. The first-order valence-corrected chi connectivity index (χ1v) is 22.2. The van der Waals surface area contributed by atoms with Crippen molar-refractivity contribution in [2.24, 2.45) is 0 Å². The minimum Gasteiger partial charge on any atom is -0.510 e. The van der Waals surface area contributed by atoms with Crippen LogP contribution in [0.1, 0.15) is 51.0 Å². The molecule has 344 valence electrons. The zero-order valence-corrected chi connectivity index (χ0v) is 40.1. The fraction of sp³-hybridized carbons (Fsp3) is 0.0625. The van der Waals surface area contributed by atoms with Crippen molar-refractivity contribution in [3.8, 4) is 56.6 Å². The summed E-state index contributed by atoms with van der Waals surface area (Å²) in [5.41, 5.74) is 2.08. The van der Waals surface area contributed by atoms with E-state index in [1.807, 2.05) is 47.0 Å². The minimum absolute atomic E-state index is 0. The van der Waals surface area contributed by atoms with E-state index in [0.29, 0.717) is 22.4 Å². The molecule has 0 unspecified atom stereocenters. The van der Waals surface area contributed by atoms with Crippen molar-refractivity contribution in [1.82, 2.24) is 18.7 Å². The van der Waals surface area contributed by atoms with Crippen molar-refractivity contribution in [2.75, 3.05) is 0 Å². The molecule has 6 nitrogen and oxygen atoms in total. The summed E-state index contributed by atoms with van der Waals surface area (Å²) in [6, 6.07) is 25.4. The molecule has 4 aromatic heterocycles. The second-order valence-electron chi connectivity index (χ2n) is 17.5. The second-order valence-corrected chi connectivity index (χ2v) is 17.5. The summed E-state index contributed by atoms with van der Waals surface area (Å²) in [5.74, 6) is 0.739. The Morgan fingerprint density at radius 2 is 1.18 bits per heavy atom. The Balaban J connectivity index is 0.00000769. The number of imidazole rings is 1. The number of fused-ring (bicyclic) bond motifs is 7. The molecule has 0 spiro atoms. The maximum absolute atomic E-state index is 9.42. The van der Waals surface area contributed by atoms with Gasteiger partial charge in [-0.15, -0.1) is 35.7 Å². The largest absolute Gasteiger partial charge is 0.510 e. The molecule has 0 radical (unpaired) electrons. The number of hydrogen-bond acceptors (Lipinski definition) is 2. The zero-order valence-electron chi connectivity index (χ0n) is 55.9. The fourth-order valence-corrected chi connectivity index (χ4v) is 9.16. The van der Waals surface area contributed by atoms with Gasteiger partial charge in [-0.05, 0) is 74.6 Å². The topological polar surface area (TPSA) is 40.8 Å². The van der Waals surface area contributed by atoms with E-state index >= 15 is 0 Å². The van der Waals surface area contributed by atoms with Gasteiger partial charge in [0.2, 0.25) is 0 Å².